The molecule has 134 valence electrons. The minimum Gasteiger partial charge on any atom is -0.450 e. The van der Waals surface area contributed by atoms with Gasteiger partial charge in [-0.25, -0.2) is 4.79 Å². The summed E-state index contributed by atoms with van der Waals surface area (Å²) in [6.07, 6.45) is 6.34. The van der Waals surface area contributed by atoms with E-state index in [4.69, 9.17) is 9.47 Å². The molecule has 0 radical (unpaired) electrons. The molecule has 0 heterocycles. The third kappa shape index (κ3) is 3.24. The van der Waals surface area contributed by atoms with Crippen molar-refractivity contribution in [3.63, 3.8) is 0 Å². The third-order valence-corrected chi connectivity index (χ3v) is 6.04. The molecular formula is C20H25NO4. The van der Waals surface area contributed by atoms with Crippen molar-refractivity contribution in [2.45, 2.75) is 45.4 Å². The highest BCUT2D eigenvalue weighted by atomic mass is 16.5. The second-order valence-electron chi connectivity index (χ2n) is 7.96. The molecule has 1 aromatic carbocycles. The van der Waals surface area contributed by atoms with Gasteiger partial charge in [-0.05, 0) is 75.3 Å². The van der Waals surface area contributed by atoms with Crippen LogP contribution in [0, 0.1) is 23.2 Å². The molecule has 4 aliphatic rings. The number of rotatable bonds is 4. The topological polar surface area (TPSA) is 64.6 Å². The Morgan fingerprint density at radius 2 is 1.76 bits per heavy atom. The van der Waals surface area contributed by atoms with Crippen molar-refractivity contribution < 1.29 is 19.1 Å². The van der Waals surface area contributed by atoms with Crippen LogP contribution in [-0.4, -0.2) is 18.7 Å². The molecule has 4 fully saturated rings. The van der Waals surface area contributed by atoms with Gasteiger partial charge in [0.2, 0.25) is 0 Å². The maximum absolute atomic E-state index is 13.0. The summed E-state index contributed by atoms with van der Waals surface area (Å²) in [7, 11) is 0. The van der Waals surface area contributed by atoms with Gasteiger partial charge >= 0.3 is 12.1 Å². The Hall–Kier alpha value is -2.04. The van der Waals surface area contributed by atoms with E-state index in [1.165, 1.54) is 19.3 Å². The molecule has 0 spiro atoms. The van der Waals surface area contributed by atoms with Gasteiger partial charge in [-0.1, -0.05) is 6.07 Å². The van der Waals surface area contributed by atoms with Gasteiger partial charge in [-0.15, -0.1) is 0 Å². The molecule has 0 saturated heterocycles. The van der Waals surface area contributed by atoms with Crippen molar-refractivity contribution in [1.82, 2.24) is 0 Å². The van der Waals surface area contributed by atoms with Gasteiger partial charge in [0.1, 0.15) is 5.75 Å². The summed E-state index contributed by atoms with van der Waals surface area (Å²) in [4.78, 5) is 24.5. The van der Waals surface area contributed by atoms with Gasteiger partial charge in [0, 0.05) is 11.8 Å². The smallest absolute Gasteiger partial charge is 0.411 e. The fourth-order valence-corrected chi connectivity index (χ4v) is 5.50. The molecule has 4 saturated carbocycles. The lowest BCUT2D eigenvalue weighted by Crippen LogP contribution is -2.51. The van der Waals surface area contributed by atoms with E-state index >= 15 is 0 Å². The number of carbonyl (C=O) groups is 2. The quantitative estimate of drug-likeness (QED) is 0.651. The fourth-order valence-electron chi connectivity index (χ4n) is 5.50. The third-order valence-electron chi connectivity index (χ3n) is 6.04. The van der Waals surface area contributed by atoms with E-state index in [1.54, 1.807) is 31.2 Å². The first-order chi connectivity index (χ1) is 12.1. The van der Waals surface area contributed by atoms with Gasteiger partial charge in [-0.3, -0.25) is 10.1 Å². The van der Waals surface area contributed by atoms with Crippen molar-refractivity contribution in [2.75, 3.05) is 11.9 Å². The van der Waals surface area contributed by atoms with Crippen molar-refractivity contribution in [1.29, 1.82) is 0 Å². The van der Waals surface area contributed by atoms with Crippen LogP contribution in [-0.2, 0) is 9.53 Å². The van der Waals surface area contributed by atoms with Gasteiger partial charge < -0.3 is 9.47 Å². The number of hydrogen-bond acceptors (Lipinski definition) is 4. The minimum absolute atomic E-state index is 0.0834. The average Bonchev–Trinajstić information content (AvgIpc) is 2.54. The predicted octanol–water partition coefficient (Wildman–Crippen LogP) is 4.38. The van der Waals surface area contributed by atoms with Gasteiger partial charge in [0.05, 0.1) is 12.0 Å². The zero-order chi connectivity index (χ0) is 17.4. The molecule has 1 N–H and O–H groups in total. The number of amides is 1. The van der Waals surface area contributed by atoms with E-state index < -0.39 is 6.09 Å². The summed E-state index contributed by atoms with van der Waals surface area (Å²) >= 11 is 0. The van der Waals surface area contributed by atoms with Crippen LogP contribution in [0.25, 0.3) is 0 Å². The monoisotopic (exact) mass is 343 g/mol. The molecule has 0 unspecified atom stereocenters. The van der Waals surface area contributed by atoms with Crippen molar-refractivity contribution >= 4 is 17.7 Å². The molecule has 5 rings (SSSR count). The van der Waals surface area contributed by atoms with Crippen LogP contribution in [0.2, 0.25) is 0 Å². The molecule has 1 amide bonds. The van der Waals surface area contributed by atoms with E-state index in [1.807, 2.05) is 0 Å². The first-order valence-corrected chi connectivity index (χ1v) is 9.32. The lowest BCUT2D eigenvalue weighted by Gasteiger charge is -2.55. The number of ether oxygens (including phenoxy) is 2. The van der Waals surface area contributed by atoms with Crippen LogP contribution in [0.4, 0.5) is 10.5 Å². The molecule has 0 aromatic heterocycles. The van der Waals surface area contributed by atoms with Crippen LogP contribution in [0.15, 0.2) is 24.3 Å². The zero-order valence-electron chi connectivity index (χ0n) is 14.6. The molecule has 0 aliphatic heterocycles. The van der Waals surface area contributed by atoms with E-state index in [-0.39, 0.29) is 11.4 Å². The Morgan fingerprint density at radius 3 is 2.36 bits per heavy atom. The van der Waals surface area contributed by atoms with Crippen LogP contribution >= 0.6 is 0 Å². The summed E-state index contributed by atoms with van der Waals surface area (Å²) in [5.74, 6) is 2.51. The van der Waals surface area contributed by atoms with Crippen LogP contribution in [0.5, 0.6) is 5.75 Å². The molecule has 4 aliphatic carbocycles. The Morgan fingerprint density at radius 1 is 1.12 bits per heavy atom. The number of carbonyl (C=O) groups excluding carboxylic acids is 2. The van der Waals surface area contributed by atoms with E-state index in [2.05, 4.69) is 5.32 Å². The van der Waals surface area contributed by atoms with E-state index in [9.17, 15) is 9.59 Å². The van der Waals surface area contributed by atoms with Crippen molar-refractivity contribution in [3.05, 3.63) is 24.3 Å². The second-order valence-corrected chi connectivity index (χ2v) is 7.96. The molecule has 0 atom stereocenters. The Bertz CT molecular complexity index is 649. The minimum atomic E-state index is -0.507. The molecule has 5 nitrogen and oxygen atoms in total. The second kappa shape index (κ2) is 6.36. The Balaban J connectivity index is 1.45. The summed E-state index contributed by atoms with van der Waals surface area (Å²) < 4.78 is 10.6. The van der Waals surface area contributed by atoms with Crippen molar-refractivity contribution in [2.24, 2.45) is 23.2 Å². The lowest BCUT2D eigenvalue weighted by molar-refractivity contribution is -0.161. The predicted molar refractivity (Wildman–Crippen MR) is 93.3 cm³/mol. The highest BCUT2D eigenvalue weighted by Gasteiger charge is 2.55. The summed E-state index contributed by atoms with van der Waals surface area (Å²) in [6.45, 7) is 2.07. The first kappa shape index (κ1) is 16.4. The number of nitrogens with one attached hydrogen (secondary N) is 1. The lowest BCUT2D eigenvalue weighted by atomic mass is 9.49. The van der Waals surface area contributed by atoms with Crippen LogP contribution in [0.1, 0.15) is 45.4 Å². The molecule has 25 heavy (non-hydrogen) atoms. The fraction of sp³-hybridized carbons (Fsp3) is 0.600. The maximum atomic E-state index is 13.0. The number of hydrogen-bond donors (Lipinski definition) is 1. The largest absolute Gasteiger partial charge is 0.450 e. The van der Waals surface area contributed by atoms with Crippen LogP contribution < -0.4 is 10.1 Å². The van der Waals surface area contributed by atoms with E-state index in [0.29, 0.717) is 35.8 Å². The SMILES string of the molecule is CCOC(=O)Nc1cccc(OC(=O)C23CC4CC(CC(C4)C2)C3)c1. The normalized spacial score (nSPS) is 32.3. The zero-order valence-corrected chi connectivity index (χ0v) is 14.6. The molecule has 1 aromatic rings. The standard InChI is InChI=1S/C20H25NO4/c1-2-24-19(23)21-16-4-3-5-17(9-16)25-18(22)20-10-13-6-14(11-20)8-15(7-13)12-20/h3-5,9,13-15H,2,6-8,10-12H2,1H3,(H,21,23). The molecular weight excluding hydrogens is 318 g/mol. The van der Waals surface area contributed by atoms with E-state index in [0.717, 1.165) is 19.3 Å². The highest BCUT2D eigenvalue weighted by molar-refractivity contribution is 5.85. The van der Waals surface area contributed by atoms with Gasteiger partial charge in [0.15, 0.2) is 0 Å². The summed E-state index contributed by atoms with van der Waals surface area (Å²) in [6, 6.07) is 6.95. The van der Waals surface area contributed by atoms with Crippen LogP contribution in [0.3, 0.4) is 0 Å². The Kier molecular flexibility index (Phi) is 4.18. The number of esters is 1. The van der Waals surface area contributed by atoms with Crippen molar-refractivity contribution in [3.8, 4) is 5.75 Å². The molecule has 5 heteroatoms. The Labute approximate surface area is 148 Å². The molecule has 4 bridgehead atoms. The average molecular weight is 343 g/mol. The maximum Gasteiger partial charge on any atom is 0.411 e. The summed E-state index contributed by atoms with van der Waals surface area (Å²) in [5, 5.41) is 2.64. The number of anilines is 1. The van der Waals surface area contributed by atoms with Gasteiger partial charge in [-0.2, -0.15) is 0 Å². The highest BCUT2D eigenvalue weighted by Crippen LogP contribution is 2.60. The number of benzene rings is 1. The van der Waals surface area contributed by atoms with Gasteiger partial charge in [0.25, 0.3) is 0 Å². The summed E-state index contributed by atoms with van der Waals surface area (Å²) in [5.41, 5.74) is 0.286. The first-order valence-electron chi connectivity index (χ1n) is 9.32.